The van der Waals surface area contributed by atoms with E-state index in [9.17, 15) is 0 Å². The molecule has 1 saturated heterocycles. The Morgan fingerprint density at radius 2 is 2.12 bits per heavy atom. The fraction of sp³-hybridized carbons (Fsp3) is 0.714. The molecule has 2 nitrogen and oxygen atoms in total. The summed E-state index contributed by atoms with van der Waals surface area (Å²) in [6.45, 7) is 10.9. The van der Waals surface area contributed by atoms with Crippen LogP contribution in [0, 0.1) is 0 Å². The summed E-state index contributed by atoms with van der Waals surface area (Å²) >= 11 is 1.81. The largest absolute Gasteiger partial charge is 0.368 e. The molecule has 17 heavy (non-hydrogen) atoms. The van der Waals surface area contributed by atoms with Gasteiger partial charge in [-0.15, -0.1) is 11.3 Å². The van der Waals surface area contributed by atoms with Crippen LogP contribution in [0.2, 0.25) is 0 Å². The van der Waals surface area contributed by atoms with E-state index in [0.29, 0.717) is 12.1 Å². The molecule has 0 radical (unpaired) electrons. The fourth-order valence-corrected chi connectivity index (χ4v) is 3.49. The molecule has 1 fully saturated rings. The molecular formula is C14H23NOS. The van der Waals surface area contributed by atoms with Gasteiger partial charge in [0.15, 0.2) is 0 Å². The van der Waals surface area contributed by atoms with Crippen molar-refractivity contribution in [1.82, 2.24) is 5.32 Å². The summed E-state index contributed by atoms with van der Waals surface area (Å²) < 4.78 is 6.11. The van der Waals surface area contributed by atoms with Gasteiger partial charge in [-0.05, 0) is 52.5 Å². The van der Waals surface area contributed by atoms with E-state index in [1.165, 1.54) is 4.88 Å². The Balaban J connectivity index is 2.04. The Bertz CT molecular complexity index is 370. The van der Waals surface area contributed by atoms with Gasteiger partial charge in [0.25, 0.3) is 0 Å². The smallest absolute Gasteiger partial charge is 0.0787 e. The van der Waals surface area contributed by atoms with Crippen LogP contribution >= 0.6 is 11.3 Å². The maximum absolute atomic E-state index is 6.11. The molecule has 2 atom stereocenters. The minimum absolute atomic E-state index is 0.0175. The molecule has 1 aromatic rings. The molecule has 2 heterocycles. The molecule has 0 amide bonds. The molecule has 1 aromatic heterocycles. The lowest BCUT2D eigenvalue weighted by Gasteiger charge is -2.29. The molecule has 0 aromatic carbocycles. The van der Waals surface area contributed by atoms with E-state index in [1.54, 1.807) is 0 Å². The third-order valence-electron chi connectivity index (χ3n) is 3.50. The molecule has 1 aliphatic rings. The second-order valence-corrected chi connectivity index (χ2v) is 7.10. The molecule has 3 heteroatoms. The van der Waals surface area contributed by atoms with Crippen molar-refractivity contribution in [3.63, 3.8) is 0 Å². The van der Waals surface area contributed by atoms with Crippen molar-refractivity contribution in [3.05, 3.63) is 22.4 Å². The van der Waals surface area contributed by atoms with Crippen molar-refractivity contribution in [3.8, 4) is 0 Å². The number of rotatable bonds is 3. The molecular weight excluding hydrogens is 230 g/mol. The first-order chi connectivity index (χ1) is 7.80. The molecule has 1 unspecified atom stereocenters. The van der Waals surface area contributed by atoms with Gasteiger partial charge in [-0.3, -0.25) is 0 Å². The number of hydrogen-bond acceptors (Lipinski definition) is 3. The van der Waals surface area contributed by atoms with E-state index in [2.05, 4.69) is 57.4 Å². The summed E-state index contributed by atoms with van der Waals surface area (Å²) in [6.07, 6.45) is 1.07. The zero-order chi connectivity index (χ0) is 12.7. The molecule has 2 rings (SSSR count). The quantitative estimate of drug-likeness (QED) is 0.886. The Morgan fingerprint density at radius 1 is 1.41 bits per heavy atom. The first kappa shape index (κ1) is 13.1. The van der Waals surface area contributed by atoms with E-state index in [4.69, 9.17) is 4.74 Å². The summed E-state index contributed by atoms with van der Waals surface area (Å²) in [6, 6.07) is 5.11. The molecule has 0 spiro atoms. The van der Waals surface area contributed by atoms with Gasteiger partial charge in [-0.1, -0.05) is 6.07 Å². The molecule has 1 N–H and O–H groups in total. The van der Waals surface area contributed by atoms with Crippen LogP contribution in [0.25, 0.3) is 0 Å². The summed E-state index contributed by atoms with van der Waals surface area (Å²) in [4.78, 5) is 1.39. The van der Waals surface area contributed by atoms with Gasteiger partial charge in [0, 0.05) is 17.0 Å². The van der Waals surface area contributed by atoms with Crippen molar-refractivity contribution in [2.45, 2.75) is 64.3 Å². The van der Waals surface area contributed by atoms with Crippen molar-refractivity contribution >= 4 is 11.3 Å². The lowest BCUT2D eigenvalue weighted by molar-refractivity contribution is -0.0703. The minimum Gasteiger partial charge on any atom is -0.368 e. The Morgan fingerprint density at radius 3 is 2.59 bits per heavy atom. The Labute approximate surface area is 108 Å². The second-order valence-electron chi connectivity index (χ2n) is 6.13. The summed E-state index contributed by atoms with van der Waals surface area (Å²) in [5.74, 6) is 0. The Kier molecular flexibility index (Phi) is 3.36. The fourth-order valence-electron chi connectivity index (χ4n) is 2.74. The lowest BCUT2D eigenvalue weighted by atomic mass is 9.94. The standard InChI is InChI=1S/C14H23NOS/c1-10(11-7-6-8-17-11)15-12-9-13(2,3)16-14(12,4)5/h6-8,10,12,15H,9H2,1-5H3/t10-,12?/m0/s1. The van der Waals surface area contributed by atoms with E-state index >= 15 is 0 Å². The highest BCUT2D eigenvalue weighted by Crippen LogP contribution is 2.38. The maximum atomic E-state index is 6.11. The van der Waals surface area contributed by atoms with Crippen LogP contribution in [0.3, 0.4) is 0 Å². The maximum Gasteiger partial charge on any atom is 0.0787 e. The average molecular weight is 253 g/mol. The van der Waals surface area contributed by atoms with Crippen LogP contribution in [-0.4, -0.2) is 17.2 Å². The highest BCUT2D eigenvalue weighted by Gasteiger charge is 2.46. The summed E-state index contributed by atoms with van der Waals surface area (Å²) in [7, 11) is 0. The van der Waals surface area contributed by atoms with Crippen molar-refractivity contribution < 1.29 is 4.74 Å². The van der Waals surface area contributed by atoms with E-state index in [1.807, 2.05) is 11.3 Å². The second kappa shape index (κ2) is 4.38. The van der Waals surface area contributed by atoms with Gasteiger partial charge in [-0.25, -0.2) is 0 Å². The molecule has 96 valence electrons. The Hall–Kier alpha value is -0.380. The topological polar surface area (TPSA) is 21.3 Å². The predicted molar refractivity (Wildman–Crippen MR) is 73.5 cm³/mol. The lowest BCUT2D eigenvalue weighted by Crippen LogP contribution is -2.44. The van der Waals surface area contributed by atoms with Gasteiger partial charge >= 0.3 is 0 Å². The van der Waals surface area contributed by atoms with Crippen LogP contribution < -0.4 is 5.32 Å². The van der Waals surface area contributed by atoms with Crippen LogP contribution in [0.15, 0.2) is 17.5 Å². The molecule has 0 saturated carbocycles. The first-order valence-corrected chi connectivity index (χ1v) is 7.18. The van der Waals surface area contributed by atoms with E-state index < -0.39 is 0 Å². The van der Waals surface area contributed by atoms with E-state index in [-0.39, 0.29) is 11.2 Å². The van der Waals surface area contributed by atoms with E-state index in [0.717, 1.165) is 6.42 Å². The molecule has 1 aliphatic heterocycles. The van der Waals surface area contributed by atoms with Crippen LogP contribution in [0.4, 0.5) is 0 Å². The van der Waals surface area contributed by atoms with Gasteiger partial charge < -0.3 is 10.1 Å². The number of nitrogens with one attached hydrogen (secondary N) is 1. The third-order valence-corrected chi connectivity index (χ3v) is 4.55. The molecule has 0 aliphatic carbocycles. The highest BCUT2D eigenvalue weighted by atomic mass is 32.1. The monoisotopic (exact) mass is 253 g/mol. The van der Waals surface area contributed by atoms with Crippen molar-refractivity contribution in [1.29, 1.82) is 0 Å². The van der Waals surface area contributed by atoms with Gasteiger partial charge in [0.05, 0.1) is 11.2 Å². The zero-order valence-corrected chi connectivity index (χ0v) is 12.2. The SMILES string of the molecule is C[C@H](NC1CC(C)(C)OC1(C)C)c1cccs1. The first-order valence-electron chi connectivity index (χ1n) is 6.30. The zero-order valence-electron chi connectivity index (χ0n) is 11.4. The normalized spacial score (nSPS) is 28.2. The summed E-state index contributed by atoms with van der Waals surface area (Å²) in [5, 5.41) is 5.85. The van der Waals surface area contributed by atoms with Gasteiger partial charge in [0.2, 0.25) is 0 Å². The van der Waals surface area contributed by atoms with Crippen LogP contribution in [-0.2, 0) is 4.74 Å². The minimum atomic E-state index is -0.0883. The van der Waals surface area contributed by atoms with Gasteiger partial charge in [0.1, 0.15) is 0 Å². The number of ether oxygens (including phenoxy) is 1. The molecule has 0 bridgehead atoms. The predicted octanol–water partition coefficient (Wildman–Crippen LogP) is 3.74. The number of hydrogen-bond donors (Lipinski definition) is 1. The third kappa shape index (κ3) is 2.90. The van der Waals surface area contributed by atoms with Crippen molar-refractivity contribution in [2.24, 2.45) is 0 Å². The van der Waals surface area contributed by atoms with Crippen LogP contribution in [0.1, 0.15) is 52.0 Å². The average Bonchev–Trinajstić information content (AvgIpc) is 2.72. The highest BCUT2D eigenvalue weighted by molar-refractivity contribution is 7.10. The number of thiophene rings is 1. The van der Waals surface area contributed by atoms with Crippen molar-refractivity contribution in [2.75, 3.05) is 0 Å². The van der Waals surface area contributed by atoms with Crippen LogP contribution in [0.5, 0.6) is 0 Å². The van der Waals surface area contributed by atoms with Gasteiger partial charge in [-0.2, -0.15) is 0 Å². The summed E-state index contributed by atoms with van der Waals surface area (Å²) in [5.41, 5.74) is -0.106.